The van der Waals surface area contributed by atoms with E-state index in [2.05, 4.69) is 15.3 Å². The van der Waals surface area contributed by atoms with Crippen LogP contribution in [-0.4, -0.2) is 66.7 Å². The number of para-hydroxylation sites is 2. The number of furan rings is 2. The van der Waals surface area contributed by atoms with E-state index in [4.69, 9.17) is 38.2 Å². The van der Waals surface area contributed by atoms with Crippen LogP contribution >= 0.6 is 0 Å². The smallest absolute Gasteiger partial charge is 0.343 e. The van der Waals surface area contributed by atoms with Crippen molar-refractivity contribution in [1.82, 2.24) is 0 Å². The molecule has 13 heteroatoms. The van der Waals surface area contributed by atoms with Crippen molar-refractivity contribution in [2.75, 3.05) is 40.5 Å². The molecule has 2 aromatic carbocycles. The molecule has 228 valence electrons. The first-order chi connectivity index (χ1) is 20.1. The fraction of sp³-hybridized carbons (Fsp3) is 0.345. The van der Waals surface area contributed by atoms with Gasteiger partial charge >= 0.3 is 11.9 Å². The lowest BCUT2D eigenvalue weighted by atomic mass is 10.1. The number of ether oxygens (including phenoxy) is 4. The molecule has 0 radical (unpaired) electrons. The average Bonchev–Trinajstić information content (AvgIpc) is 3.46. The first-order valence-corrected chi connectivity index (χ1v) is 14.0. The van der Waals surface area contributed by atoms with E-state index in [1.165, 1.54) is 14.2 Å². The summed E-state index contributed by atoms with van der Waals surface area (Å²) in [7, 11) is 0.533. The molecule has 0 fully saturated rings. The number of rotatable bonds is 10. The van der Waals surface area contributed by atoms with Gasteiger partial charge in [-0.25, -0.2) is 9.59 Å². The first kappa shape index (κ1) is 33.9. The SMILES string of the molecule is C=S(=O)=O.COC(=O)COc1cccc2c(CCN)c(C)oc12.COC(=O)COc1cccc2c(CCN)c(C)oc12. The van der Waals surface area contributed by atoms with Gasteiger partial charge in [-0.05, 0) is 51.9 Å². The summed E-state index contributed by atoms with van der Waals surface area (Å²) in [4.78, 5) is 22.2. The molecule has 0 atom stereocenters. The third kappa shape index (κ3) is 9.36. The quantitative estimate of drug-likeness (QED) is 0.200. The van der Waals surface area contributed by atoms with Gasteiger partial charge in [-0.2, -0.15) is 8.42 Å². The monoisotopic (exact) mass is 604 g/mol. The van der Waals surface area contributed by atoms with E-state index in [1.807, 2.05) is 38.1 Å². The molecule has 0 aliphatic carbocycles. The lowest BCUT2D eigenvalue weighted by molar-refractivity contribution is -0.143. The van der Waals surface area contributed by atoms with Gasteiger partial charge in [-0.1, -0.05) is 24.3 Å². The van der Waals surface area contributed by atoms with Crippen LogP contribution in [0.25, 0.3) is 21.9 Å². The third-order valence-corrected chi connectivity index (χ3v) is 5.90. The van der Waals surface area contributed by atoms with E-state index in [-0.39, 0.29) is 13.2 Å². The molecule has 0 saturated heterocycles. The lowest BCUT2D eigenvalue weighted by Gasteiger charge is -2.05. The van der Waals surface area contributed by atoms with Crippen LogP contribution in [0.15, 0.2) is 45.2 Å². The minimum Gasteiger partial charge on any atom is -0.478 e. The number of fused-ring (bicyclic) bond motifs is 2. The van der Waals surface area contributed by atoms with Crippen molar-refractivity contribution < 1.29 is 45.8 Å². The summed E-state index contributed by atoms with van der Waals surface area (Å²) in [5.74, 6) is 4.43. The number of nitrogens with two attached hydrogens (primary N) is 2. The normalized spacial score (nSPS) is 10.2. The molecule has 0 saturated carbocycles. The topological polar surface area (TPSA) is 184 Å². The van der Waals surface area contributed by atoms with Crippen molar-refractivity contribution >= 4 is 50.0 Å². The number of aryl methyl sites for hydroxylation is 2. The second-order valence-corrected chi connectivity index (χ2v) is 9.26. The fourth-order valence-electron chi connectivity index (χ4n) is 4.05. The standard InChI is InChI=1S/2C14H17NO4.CH2O2S/c2*1-9-10(6-7-15)11-4-3-5-12(14(11)19-9)18-8-13(16)17-2;1-4(2)3/h2*3-5H,6-8,15H2,1-2H3;1H2. The zero-order chi connectivity index (χ0) is 31.2. The van der Waals surface area contributed by atoms with Crippen molar-refractivity contribution in [2.24, 2.45) is 11.5 Å². The van der Waals surface area contributed by atoms with Crippen molar-refractivity contribution in [3.05, 3.63) is 59.0 Å². The number of benzene rings is 2. The Balaban J connectivity index is 0.000000261. The number of hydrogen-bond acceptors (Lipinski definition) is 12. The summed E-state index contributed by atoms with van der Waals surface area (Å²) in [5.41, 5.74) is 14.7. The van der Waals surface area contributed by atoms with E-state index in [9.17, 15) is 9.59 Å². The molecular weight excluding hydrogens is 568 g/mol. The van der Waals surface area contributed by atoms with Gasteiger partial charge in [0.25, 0.3) is 0 Å². The summed E-state index contributed by atoms with van der Waals surface area (Å²) in [5, 5.41) is 1.95. The predicted octanol–water partition coefficient (Wildman–Crippen LogP) is 2.89. The van der Waals surface area contributed by atoms with E-state index < -0.39 is 22.2 Å². The Kier molecular flexibility index (Phi) is 13.6. The van der Waals surface area contributed by atoms with Crippen LogP contribution in [0.2, 0.25) is 0 Å². The van der Waals surface area contributed by atoms with Crippen molar-refractivity contribution in [3.63, 3.8) is 0 Å². The number of hydrogen-bond donors (Lipinski definition) is 2. The van der Waals surface area contributed by atoms with Crippen LogP contribution in [0.1, 0.15) is 22.6 Å². The molecule has 4 aromatic rings. The lowest BCUT2D eigenvalue weighted by Crippen LogP contribution is -2.12. The largest absolute Gasteiger partial charge is 0.478 e. The van der Waals surface area contributed by atoms with Gasteiger partial charge < -0.3 is 39.2 Å². The molecule has 0 aliphatic heterocycles. The molecule has 0 aliphatic rings. The Morgan fingerprint density at radius 1 is 0.762 bits per heavy atom. The number of methoxy groups -OCH3 is 2. The van der Waals surface area contributed by atoms with Crippen LogP contribution in [0.3, 0.4) is 0 Å². The minimum atomic E-state index is -2.11. The van der Waals surface area contributed by atoms with Crippen molar-refractivity contribution in [3.8, 4) is 11.5 Å². The molecule has 2 aromatic heterocycles. The summed E-state index contributed by atoms with van der Waals surface area (Å²) < 4.78 is 49.1. The highest BCUT2D eigenvalue weighted by Crippen LogP contribution is 2.33. The Morgan fingerprint density at radius 2 is 1.12 bits per heavy atom. The second kappa shape index (κ2) is 16.8. The highest BCUT2D eigenvalue weighted by atomic mass is 32.2. The molecule has 0 bridgehead atoms. The number of carbonyl (C=O) groups excluding carboxylic acids is 2. The first-order valence-electron chi connectivity index (χ1n) is 12.8. The van der Waals surface area contributed by atoms with Gasteiger partial charge in [0.1, 0.15) is 11.5 Å². The molecule has 0 spiro atoms. The highest BCUT2D eigenvalue weighted by molar-refractivity contribution is 7.70. The van der Waals surface area contributed by atoms with Gasteiger partial charge in [0.15, 0.2) is 35.9 Å². The minimum absolute atomic E-state index is 0.137. The predicted molar refractivity (Wildman–Crippen MR) is 158 cm³/mol. The number of carbonyl (C=O) groups is 2. The van der Waals surface area contributed by atoms with Crippen LogP contribution in [0, 0.1) is 13.8 Å². The molecule has 0 amide bonds. The van der Waals surface area contributed by atoms with Crippen LogP contribution < -0.4 is 20.9 Å². The maximum Gasteiger partial charge on any atom is 0.343 e. The maximum absolute atomic E-state index is 11.1. The van der Waals surface area contributed by atoms with E-state index in [0.29, 0.717) is 35.8 Å². The molecule has 4 rings (SSSR count). The van der Waals surface area contributed by atoms with Crippen LogP contribution in [-0.2, 0) is 42.2 Å². The van der Waals surface area contributed by atoms with Gasteiger partial charge in [0, 0.05) is 27.8 Å². The van der Waals surface area contributed by atoms with Gasteiger partial charge in [0.05, 0.1) is 14.2 Å². The third-order valence-electron chi connectivity index (χ3n) is 5.90. The van der Waals surface area contributed by atoms with Crippen LogP contribution in [0.4, 0.5) is 0 Å². The zero-order valence-electron chi connectivity index (χ0n) is 24.1. The van der Waals surface area contributed by atoms with Gasteiger partial charge in [0.2, 0.25) is 10.3 Å². The second-order valence-electron chi connectivity index (χ2n) is 8.65. The molecular formula is C29H36N2O10S. The summed E-state index contributed by atoms with van der Waals surface area (Å²) in [6.45, 7) is 4.64. The summed E-state index contributed by atoms with van der Waals surface area (Å²) in [6, 6.07) is 11.2. The van der Waals surface area contributed by atoms with Gasteiger partial charge in [-0.15, -0.1) is 0 Å². The number of esters is 2. The molecule has 42 heavy (non-hydrogen) atoms. The van der Waals surface area contributed by atoms with Crippen molar-refractivity contribution in [1.29, 1.82) is 0 Å². The Bertz CT molecular complexity index is 1490. The summed E-state index contributed by atoms with van der Waals surface area (Å²) >= 11 is 0. The Hall–Kier alpha value is -4.33. The average molecular weight is 605 g/mol. The maximum atomic E-state index is 11.1. The van der Waals surface area contributed by atoms with E-state index in [1.54, 1.807) is 12.1 Å². The fourth-order valence-corrected chi connectivity index (χ4v) is 4.05. The van der Waals surface area contributed by atoms with E-state index in [0.717, 1.165) is 46.3 Å². The Morgan fingerprint density at radius 3 is 1.43 bits per heavy atom. The van der Waals surface area contributed by atoms with E-state index >= 15 is 0 Å². The summed E-state index contributed by atoms with van der Waals surface area (Å²) in [6.07, 6.45) is 1.50. The highest BCUT2D eigenvalue weighted by Gasteiger charge is 2.16. The molecule has 12 nitrogen and oxygen atoms in total. The molecule has 0 unspecified atom stereocenters. The van der Waals surface area contributed by atoms with Crippen LogP contribution in [0.5, 0.6) is 11.5 Å². The molecule has 4 N–H and O–H groups in total. The Labute approximate surface area is 245 Å². The van der Waals surface area contributed by atoms with Crippen molar-refractivity contribution in [2.45, 2.75) is 26.7 Å². The zero-order valence-corrected chi connectivity index (χ0v) is 24.9. The molecule has 2 heterocycles. The van der Waals surface area contributed by atoms with Gasteiger partial charge in [-0.3, -0.25) is 0 Å².